The van der Waals surface area contributed by atoms with Crippen molar-refractivity contribution in [2.45, 2.75) is 57.2 Å². The number of pyridine rings is 1. The normalized spacial score (nSPS) is 14.9. The van der Waals surface area contributed by atoms with Crippen LogP contribution >= 0.6 is 0 Å². The van der Waals surface area contributed by atoms with Gasteiger partial charge in [-0.2, -0.15) is 0 Å². The second-order valence-electron chi connectivity index (χ2n) is 10.2. The van der Waals surface area contributed by atoms with E-state index in [0.717, 1.165) is 36.6 Å². The Hall–Kier alpha value is -3.30. The molecular formula is C30H38F2N4O3. The quantitative estimate of drug-likeness (QED) is 0.242. The Balaban J connectivity index is 1.24. The van der Waals surface area contributed by atoms with Crippen molar-refractivity contribution in [3.8, 4) is 5.75 Å². The Kier molecular flexibility index (Phi) is 10.4. The summed E-state index contributed by atoms with van der Waals surface area (Å²) >= 11 is 0. The molecule has 1 amide bonds. The molecule has 1 unspecified atom stereocenters. The maximum atomic E-state index is 14.4. The third kappa shape index (κ3) is 8.10. The summed E-state index contributed by atoms with van der Waals surface area (Å²) in [6.45, 7) is 2.32. The average Bonchev–Trinajstić information content (AvgIpc) is 2.94. The summed E-state index contributed by atoms with van der Waals surface area (Å²) < 4.78 is 27.8. The first kappa shape index (κ1) is 28.7. The SMILES string of the molecule is O=C(CCNCC(F)c1cccc(F)c1)N(CCNCCc1ccc(O)c2[nH]c(=O)ccc12)C1CCCCC1. The molecule has 1 aliphatic carbocycles. The van der Waals surface area contributed by atoms with Crippen LogP contribution in [0.15, 0.2) is 53.3 Å². The lowest BCUT2D eigenvalue weighted by Crippen LogP contribution is -2.45. The standard InChI is InChI=1S/C30H38F2N4O3/c31-23-6-4-5-22(19-23)26(32)20-34-16-14-29(39)36(24-7-2-1-3-8-24)18-17-33-15-13-21-9-11-27(37)30-25(21)10-12-28(38)35-30/h4-6,9-12,19,24,26,33-34,37H,1-3,7-8,13-18,20H2,(H,35,38). The summed E-state index contributed by atoms with van der Waals surface area (Å²) in [6, 6.07) is 12.4. The smallest absolute Gasteiger partial charge is 0.248 e. The maximum Gasteiger partial charge on any atom is 0.248 e. The number of phenols is 1. The zero-order valence-corrected chi connectivity index (χ0v) is 22.2. The van der Waals surface area contributed by atoms with Crippen molar-refractivity contribution in [1.29, 1.82) is 0 Å². The number of nitrogens with one attached hydrogen (secondary N) is 3. The summed E-state index contributed by atoms with van der Waals surface area (Å²) in [7, 11) is 0. The molecule has 1 aromatic heterocycles. The highest BCUT2D eigenvalue weighted by Gasteiger charge is 2.24. The van der Waals surface area contributed by atoms with Crippen molar-refractivity contribution in [3.05, 3.63) is 75.8 Å². The number of halogens is 2. The van der Waals surface area contributed by atoms with Crippen molar-refractivity contribution < 1.29 is 18.7 Å². The van der Waals surface area contributed by atoms with E-state index in [1.807, 2.05) is 11.0 Å². The van der Waals surface area contributed by atoms with Crippen LogP contribution in [0.3, 0.4) is 0 Å². The van der Waals surface area contributed by atoms with Crippen LogP contribution in [0.4, 0.5) is 8.78 Å². The number of hydrogen-bond acceptors (Lipinski definition) is 5. The molecule has 2 aromatic carbocycles. The molecule has 0 spiro atoms. The van der Waals surface area contributed by atoms with E-state index in [1.165, 1.54) is 30.7 Å². The van der Waals surface area contributed by atoms with Gasteiger partial charge in [-0.3, -0.25) is 9.59 Å². The van der Waals surface area contributed by atoms with Gasteiger partial charge in [-0.25, -0.2) is 8.78 Å². The molecule has 9 heteroatoms. The first-order valence-corrected chi connectivity index (χ1v) is 13.9. The zero-order chi connectivity index (χ0) is 27.6. The molecule has 4 rings (SSSR count). The lowest BCUT2D eigenvalue weighted by Gasteiger charge is -2.34. The van der Waals surface area contributed by atoms with E-state index < -0.39 is 12.0 Å². The van der Waals surface area contributed by atoms with E-state index in [1.54, 1.807) is 18.2 Å². The Morgan fingerprint density at radius 2 is 1.87 bits per heavy atom. The second-order valence-corrected chi connectivity index (χ2v) is 10.2. The van der Waals surface area contributed by atoms with Gasteiger partial charge >= 0.3 is 0 Å². The number of rotatable bonds is 13. The number of H-pyrrole nitrogens is 1. The van der Waals surface area contributed by atoms with Crippen LogP contribution in [0, 0.1) is 5.82 Å². The number of nitrogens with zero attached hydrogens (tertiary/aromatic N) is 1. The third-order valence-electron chi connectivity index (χ3n) is 7.45. The fraction of sp³-hybridized carbons (Fsp3) is 0.467. The summed E-state index contributed by atoms with van der Waals surface area (Å²) in [4.78, 5) is 29.5. The molecule has 1 fully saturated rings. The molecule has 0 aliphatic heterocycles. The van der Waals surface area contributed by atoms with Gasteiger partial charge < -0.3 is 25.6 Å². The van der Waals surface area contributed by atoms with Crippen LogP contribution in [0.2, 0.25) is 0 Å². The van der Waals surface area contributed by atoms with Crippen molar-refractivity contribution in [1.82, 2.24) is 20.5 Å². The van der Waals surface area contributed by atoms with Gasteiger partial charge in [-0.15, -0.1) is 0 Å². The average molecular weight is 541 g/mol. The number of aromatic hydroxyl groups is 1. The van der Waals surface area contributed by atoms with Gasteiger partial charge in [-0.05, 0) is 61.2 Å². The topological polar surface area (TPSA) is 97.5 Å². The highest BCUT2D eigenvalue weighted by atomic mass is 19.1. The predicted octanol–water partition coefficient (Wildman–Crippen LogP) is 4.36. The van der Waals surface area contributed by atoms with Crippen molar-refractivity contribution >= 4 is 16.8 Å². The third-order valence-corrected chi connectivity index (χ3v) is 7.45. The van der Waals surface area contributed by atoms with Crippen LogP contribution in [-0.2, 0) is 11.2 Å². The van der Waals surface area contributed by atoms with Gasteiger partial charge in [0.15, 0.2) is 0 Å². The molecule has 0 bridgehead atoms. The molecule has 1 heterocycles. The molecule has 0 radical (unpaired) electrons. The van der Waals surface area contributed by atoms with E-state index in [-0.39, 0.29) is 41.8 Å². The summed E-state index contributed by atoms with van der Waals surface area (Å²) in [5.41, 5.74) is 1.49. The fourth-order valence-corrected chi connectivity index (χ4v) is 5.35. The highest BCUT2D eigenvalue weighted by molar-refractivity contribution is 5.87. The molecule has 7 nitrogen and oxygen atoms in total. The van der Waals surface area contributed by atoms with E-state index in [9.17, 15) is 23.5 Å². The number of benzene rings is 2. The Labute approximate surface area is 227 Å². The number of hydrogen-bond donors (Lipinski definition) is 4. The Morgan fingerprint density at radius 1 is 1.05 bits per heavy atom. The number of aromatic amines is 1. The lowest BCUT2D eigenvalue weighted by molar-refractivity contribution is -0.134. The fourth-order valence-electron chi connectivity index (χ4n) is 5.35. The van der Waals surface area contributed by atoms with E-state index >= 15 is 0 Å². The molecule has 39 heavy (non-hydrogen) atoms. The van der Waals surface area contributed by atoms with Gasteiger partial charge in [0.2, 0.25) is 11.5 Å². The minimum absolute atomic E-state index is 0.0293. The first-order valence-electron chi connectivity index (χ1n) is 13.9. The summed E-state index contributed by atoms with van der Waals surface area (Å²) in [5.74, 6) is -0.354. The Morgan fingerprint density at radius 3 is 2.67 bits per heavy atom. The molecule has 3 aromatic rings. The molecular weight excluding hydrogens is 502 g/mol. The van der Waals surface area contributed by atoms with Crippen LogP contribution in [0.5, 0.6) is 5.75 Å². The van der Waals surface area contributed by atoms with Crippen molar-refractivity contribution in [2.75, 3.05) is 32.7 Å². The first-order chi connectivity index (χ1) is 18.9. The number of alkyl halides is 1. The molecule has 0 saturated heterocycles. The number of aromatic nitrogens is 1. The number of carbonyl (C=O) groups excluding carboxylic acids is 1. The van der Waals surface area contributed by atoms with Gasteiger partial charge in [0.25, 0.3) is 0 Å². The van der Waals surface area contributed by atoms with Gasteiger partial charge in [-0.1, -0.05) is 37.5 Å². The molecule has 1 atom stereocenters. The Bertz CT molecular complexity index is 1290. The summed E-state index contributed by atoms with van der Waals surface area (Å²) in [6.07, 6.45) is 5.10. The molecule has 1 saturated carbocycles. The van der Waals surface area contributed by atoms with E-state index in [4.69, 9.17) is 0 Å². The van der Waals surface area contributed by atoms with Gasteiger partial charge in [0.05, 0.1) is 5.52 Å². The maximum absolute atomic E-state index is 14.4. The number of fused-ring (bicyclic) bond motifs is 1. The predicted molar refractivity (Wildman–Crippen MR) is 149 cm³/mol. The number of phenolic OH excluding ortho intramolecular Hbond substituents is 1. The van der Waals surface area contributed by atoms with Crippen molar-refractivity contribution in [2.24, 2.45) is 0 Å². The van der Waals surface area contributed by atoms with Gasteiger partial charge in [0, 0.05) is 50.1 Å². The number of amides is 1. The lowest BCUT2D eigenvalue weighted by atomic mass is 9.94. The van der Waals surface area contributed by atoms with Crippen LogP contribution in [0.25, 0.3) is 10.9 Å². The van der Waals surface area contributed by atoms with Gasteiger partial charge in [0.1, 0.15) is 17.7 Å². The van der Waals surface area contributed by atoms with Crippen LogP contribution in [0.1, 0.15) is 55.8 Å². The molecule has 210 valence electrons. The largest absolute Gasteiger partial charge is 0.506 e. The number of carbonyl (C=O) groups is 1. The van der Waals surface area contributed by atoms with E-state index in [0.29, 0.717) is 38.1 Å². The van der Waals surface area contributed by atoms with Crippen molar-refractivity contribution in [3.63, 3.8) is 0 Å². The highest BCUT2D eigenvalue weighted by Crippen LogP contribution is 2.25. The minimum Gasteiger partial charge on any atom is -0.506 e. The van der Waals surface area contributed by atoms with Crippen LogP contribution < -0.4 is 16.2 Å². The van der Waals surface area contributed by atoms with E-state index in [2.05, 4.69) is 15.6 Å². The monoisotopic (exact) mass is 540 g/mol. The minimum atomic E-state index is -1.33. The summed E-state index contributed by atoms with van der Waals surface area (Å²) in [5, 5.41) is 17.3. The second kappa shape index (κ2) is 14.2. The molecule has 4 N–H and O–H groups in total. The zero-order valence-electron chi connectivity index (χ0n) is 22.2. The van der Waals surface area contributed by atoms with Crippen LogP contribution in [-0.4, -0.2) is 59.7 Å². The molecule has 1 aliphatic rings.